The number of hydrogen-bond acceptors (Lipinski definition) is 7. The van der Waals surface area contributed by atoms with Gasteiger partial charge in [-0.1, -0.05) is 6.58 Å². The van der Waals surface area contributed by atoms with Crippen molar-refractivity contribution in [3.63, 3.8) is 0 Å². The maximum absolute atomic E-state index is 11.5. The number of ether oxygens (including phenoxy) is 2. The van der Waals surface area contributed by atoms with Crippen LogP contribution in [0.4, 0.5) is 0 Å². The second-order valence-electron chi connectivity index (χ2n) is 3.20. The Morgan fingerprint density at radius 1 is 1.11 bits per heavy atom. The molecule has 0 aliphatic heterocycles. The lowest BCUT2D eigenvalue weighted by atomic mass is 10.0. The monoisotopic (exact) mass is 260 g/mol. The zero-order chi connectivity index (χ0) is 14.0. The molecule has 0 aliphatic carbocycles. The van der Waals surface area contributed by atoms with Crippen molar-refractivity contribution in [3.05, 3.63) is 12.7 Å². The third-order valence-electron chi connectivity index (χ3n) is 1.89. The number of ketones is 1. The summed E-state index contributed by atoms with van der Waals surface area (Å²) in [7, 11) is 0. The summed E-state index contributed by atoms with van der Waals surface area (Å²) in [6.45, 7) is 2.02. The lowest BCUT2D eigenvalue weighted by Gasteiger charge is -2.12. The van der Waals surface area contributed by atoms with Gasteiger partial charge in [-0.3, -0.25) is 14.4 Å². The Kier molecular flexibility index (Phi) is 8.42. The summed E-state index contributed by atoms with van der Waals surface area (Å²) in [5.74, 6) is -3.72. The van der Waals surface area contributed by atoms with Crippen LogP contribution in [0.5, 0.6) is 0 Å². The maximum Gasteiger partial charge on any atom is 0.317 e. The van der Waals surface area contributed by atoms with E-state index in [-0.39, 0.29) is 26.4 Å². The first-order chi connectivity index (χ1) is 8.56. The lowest BCUT2D eigenvalue weighted by Crippen LogP contribution is -2.29. The SMILES string of the molecule is C=CC(=O)C(CC(=O)OCCO)C(=O)OCCO. The van der Waals surface area contributed by atoms with Gasteiger partial charge < -0.3 is 19.7 Å². The van der Waals surface area contributed by atoms with Crippen molar-refractivity contribution >= 4 is 17.7 Å². The molecule has 0 heterocycles. The number of esters is 2. The zero-order valence-corrected chi connectivity index (χ0v) is 9.83. The highest BCUT2D eigenvalue weighted by molar-refractivity contribution is 6.06. The number of rotatable bonds is 9. The first-order valence-corrected chi connectivity index (χ1v) is 5.27. The van der Waals surface area contributed by atoms with Crippen LogP contribution in [0.2, 0.25) is 0 Å². The summed E-state index contributed by atoms with van der Waals surface area (Å²) in [5, 5.41) is 16.9. The van der Waals surface area contributed by atoms with Crippen molar-refractivity contribution in [2.24, 2.45) is 5.92 Å². The molecule has 7 heteroatoms. The molecule has 1 atom stereocenters. The number of allylic oxidation sites excluding steroid dienone is 1. The van der Waals surface area contributed by atoms with E-state index in [9.17, 15) is 14.4 Å². The third-order valence-corrected chi connectivity index (χ3v) is 1.89. The number of carbonyl (C=O) groups excluding carboxylic acids is 3. The van der Waals surface area contributed by atoms with Crippen LogP contribution in [-0.4, -0.2) is 54.4 Å². The molecule has 0 saturated carbocycles. The number of aliphatic hydroxyl groups is 2. The molecule has 0 aromatic carbocycles. The van der Waals surface area contributed by atoms with Crippen LogP contribution in [-0.2, 0) is 23.9 Å². The van der Waals surface area contributed by atoms with Gasteiger partial charge in [0.1, 0.15) is 19.1 Å². The van der Waals surface area contributed by atoms with Gasteiger partial charge in [0, 0.05) is 0 Å². The molecule has 0 amide bonds. The second-order valence-corrected chi connectivity index (χ2v) is 3.20. The van der Waals surface area contributed by atoms with Gasteiger partial charge in [-0.2, -0.15) is 0 Å². The van der Waals surface area contributed by atoms with Crippen LogP contribution in [0.15, 0.2) is 12.7 Å². The molecule has 102 valence electrons. The van der Waals surface area contributed by atoms with Crippen LogP contribution < -0.4 is 0 Å². The van der Waals surface area contributed by atoms with E-state index in [2.05, 4.69) is 16.1 Å². The predicted octanol–water partition coefficient (Wildman–Crippen LogP) is -1.18. The predicted molar refractivity (Wildman–Crippen MR) is 59.4 cm³/mol. The Hall–Kier alpha value is -1.73. The molecule has 0 spiro atoms. The van der Waals surface area contributed by atoms with Gasteiger partial charge in [0.15, 0.2) is 5.78 Å². The highest BCUT2D eigenvalue weighted by Crippen LogP contribution is 2.10. The molecule has 0 aliphatic rings. The van der Waals surface area contributed by atoms with E-state index in [1.54, 1.807) is 0 Å². The van der Waals surface area contributed by atoms with E-state index in [1.165, 1.54) is 0 Å². The zero-order valence-electron chi connectivity index (χ0n) is 9.83. The molecule has 0 aromatic rings. The van der Waals surface area contributed by atoms with Gasteiger partial charge in [-0.05, 0) is 6.08 Å². The highest BCUT2D eigenvalue weighted by atomic mass is 16.5. The largest absolute Gasteiger partial charge is 0.463 e. The average molecular weight is 260 g/mol. The van der Waals surface area contributed by atoms with Crippen molar-refractivity contribution in [2.75, 3.05) is 26.4 Å². The fourth-order valence-corrected chi connectivity index (χ4v) is 1.07. The van der Waals surface area contributed by atoms with E-state index >= 15 is 0 Å². The Labute approximate surface area is 104 Å². The number of carbonyl (C=O) groups is 3. The summed E-state index contributed by atoms with van der Waals surface area (Å²) < 4.78 is 9.11. The Bertz CT molecular complexity index is 311. The highest BCUT2D eigenvalue weighted by Gasteiger charge is 2.29. The van der Waals surface area contributed by atoms with E-state index < -0.39 is 30.1 Å². The van der Waals surface area contributed by atoms with Gasteiger partial charge in [0.2, 0.25) is 0 Å². The summed E-state index contributed by atoms with van der Waals surface area (Å²) in [6.07, 6.45) is 0.416. The fourth-order valence-electron chi connectivity index (χ4n) is 1.07. The molecule has 2 N–H and O–H groups in total. The minimum atomic E-state index is -1.33. The van der Waals surface area contributed by atoms with E-state index in [0.29, 0.717) is 0 Å². The standard InChI is InChI=1S/C11H16O7/c1-2-9(14)8(11(16)18-6-4-13)7-10(15)17-5-3-12/h2,8,12-13H,1,3-7H2. The van der Waals surface area contributed by atoms with Gasteiger partial charge in [-0.25, -0.2) is 0 Å². The first kappa shape index (κ1) is 16.3. The quantitative estimate of drug-likeness (QED) is 0.305. The lowest BCUT2D eigenvalue weighted by molar-refractivity contribution is -0.158. The van der Waals surface area contributed by atoms with Crippen LogP contribution >= 0.6 is 0 Å². The molecule has 0 bridgehead atoms. The smallest absolute Gasteiger partial charge is 0.317 e. The number of aliphatic hydroxyl groups excluding tert-OH is 2. The van der Waals surface area contributed by atoms with Crippen LogP contribution in [0.25, 0.3) is 0 Å². The molecule has 18 heavy (non-hydrogen) atoms. The third kappa shape index (κ3) is 6.12. The normalized spacial score (nSPS) is 11.4. The van der Waals surface area contributed by atoms with E-state index in [0.717, 1.165) is 6.08 Å². The van der Waals surface area contributed by atoms with Gasteiger partial charge in [0.05, 0.1) is 19.6 Å². The van der Waals surface area contributed by atoms with Gasteiger partial charge in [-0.15, -0.1) is 0 Å². The Balaban J connectivity index is 4.48. The minimum Gasteiger partial charge on any atom is -0.463 e. The van der Waals surface area contributed by atoms with E-state index in [4.69, 9.17) is 10.2 Å². The van der Waals surface area contributed by atoms with Crippen molar-refractivity contribution < 1.29 is 34.1 Å². The van der Waals surface area contributed by atoms with E-state index in [1.807, 2.05) is 0 Å². The summed E-state index contributed by atoms with van der Waals surface area (Å²) in [6, 6.07) is 0. The Morgan fingerprint density at radius 3 is 2.17 bits per heavy atom. The molecule has 0 aromatic heterocycles. The molecule has 1 unspecified atom stereocenters. The fraction of sp³-hybridized carbons (Fsp3) is 0.545. The van der Waals surface area contributed by atoms with Gasteiger partial charge >= 0.3 is 11.9 Å². The Morgan fingerprint density at radius 2 is 1.67 bits per heavy atom. The average Bonchev–Trinajstić information content (AvgIpc) is 2.38. The van der Waals surface area contributed by atoms with Crippen LogP contribution in [0, 0.1) is 5.92 Å². The van der Waals surface area contributed by atoms with Crippen LogP contribution in [0.1, 0.15) is 6.42 Å². The molecule has 0 radical (unpaired) electrons. The summed E-state index contributed by atoms with van der Waals surface area (Å²) in [5.41, 5.74) is 0. The first-order valence-electron chi connectivity index (χ1n) is 5.27. The van der Waals surface area contributed by atoms with Crippen LogP contribution in [0.3, 0.4) is 0 Å². The summed E-state index contributed by atoms with van der Waals surface area (Å²) >= 11 is 0. The van der Waals surface area contributed by atoms with Gasteiger partial charge in [0.25, 0.3) is 0 Å². The molecular weight excluding hydrogens is 244 g/mol. The topological polar surface area (TPSA) is 110 Å². The molecule has 0 fully saturated rings. The molecule has 7 nitrogen and oxygen atoms in total. The maximum atomic E-state index is 11.5. The van der Waals surface area contributed by atoms with Crippen molar-refractivity contribution in [1.29, 1.82) is 0 Å². The second kappa shape index (κ2) is 9.32. The van der Waals surface area contributed by atoms with Crippen molar-refractivity contribution in [1.82, 2.24) is 0 Å². The summed E-state index contributed by atoms with van der Waals surface area (Å²) in [4.78, 5) is 34.1. The minimum absolute atomic E-state index is 0.209. The molecule has 0 saturated heterocycles. The van der Waals surface area contributed by atoms with Crippen molar-refractivity contribution in [3.8, 4) is 0 Å². The molecule has 0 rings (SSSR count). The van der Waals surface area contributed by atoms with Crippen molar-refractivity contribution in [2.45, 2.75) is 6.42 Å². The molecular formula is C11H16O7. The number of hydrogen-bond donors (Lipinski definition) is 2.